The molecule has 0 aliphatic rings. The van der Waals surface area contributed by atoms with Crippen molar-refractivity contribution in [2.45, 2.75) is 27.1 Å². The van der Waals surface area contributed by atoms with Crippen molar-refractivity contribution in [3.63, 3.8) is 0 Å². The summed E-state index contributed by atoms with van der Waals surface area (Å²) in [7, 11) is 0. The lowest BCUT2D eigenvalue weighted by Gasteiger charge is -2.15. The first kappa shape index (κ1) is 15.9. The van der Waals surface area contributed by atoms with E-state index in [9.17, 15) is 18.4 Å². The number of para-hydroxylation sites is 1. The van der Waals surface area contributed by atoms with Crippen LogP contribution in [0, 0.1) is 17.6 Å². The zero-order valence-electron chi connectivity index (χ0n) is 11.2. The second-order valence-electron chi connectivity index (χ2n) is 4.18. The van der Waals surface area contributed by atoms with Crippen LogP contribution in [0.2, 0.25) is 0 Å². The molecule has 7 heteroatoms. The van der Waals surface area contributed by atoms with Gasteiger partial charge in [0.25, 0.3) is 0 Å². The van der Waals surface area contributed by atoms with Crippen molar-refractivity contribution >= 4 is 12.1 Å². The van der Waals surface area contributed by atoms with Crippen LogP contribution >= 0.6 is 0 Å². The summed E-state index contributed by atoms with van der Waals surface area (Å²) < 4.78 is 40.1. The number of benzene rings is 1. The van der Waals surface area contributed by atoms with E-state index >= 15 is 0 Å². The molecule has 0 radical (unpaired) electrons. The van der Waals surface area contributed by atoms with Crippen LogP contribution in [-0.2, 0) is 14.3 Å². The molecule has 0 unspecified atom stereocenters. The summed E-state index contributed by atoms with van der Waals surface area (Å²) in [5.74, 6) is -3.95. The molecule has 0 aromatic heterocycles. The van der Waals surface area contributed by atoms with Crippen LogP contribution in [0.25, 0.3) is 0 Å². The summed E-state index contributed by atoms with van der Waals surface area (Å²) >= 11 is 0. The van der Waals surface area contributed by atoms with E-state index in [1.807, 2.05) is 0 Å². The van der Waals surface area contributed by atoms with Gasteiger partial charge >= 0.3 is 12.1 Å². The fourth-order valence-electron chi connectivity index (χ4n) is 1.15. The first-order valence-corrected chi connectivity index (χ1v) is 5.84. The second kappa shape index (κ2) is 6.83. The molecule has 0 bridgehead atoms. The van der Waals surface area contributed by atoms with Crippen molar-refractivity contribution < 1.29 is 32.6 Å². The number of carbonyl (C=O) groups excluding carboxylic acids is 2. The predicted molar refractivity (Wildman–Crippen MR) is 63.9 cm³/mol. The molecule has 5 nitrogen and oxygen atoms in total. The molecule has 0 saturated carbocycles. The van der Waals surface area contributed by atoms with Gasteiger partial charge in [-0.2, -0.15) is 0 Å². The second-order valence-corrected chi connectivity index (χ2v) is 4.18. The SMILES string of the molecule is CC(C)C(=O)O[C@@H](C)OC(=O)Oc1c(F)cccc1F. The molecule has 0 N–H and O–H groups in total. The highest BCUT2D eigenvalue weighted by Gasteiger charge is 2.20. The summed E-state index contributed by atoms with van der Waals surface area (Å²) in [6.45, 7) is 4.48. The van der Waals surface area contributed by atoms with Gasteiger partial charge in [0.1, 0.15) is 0 Å². The van der Waals surface area contributed by atoms with Gasteiger partial charge in [-0.3, -0.25) is 4.79 Å². The fourth-order valence-corrected chi connectivity index (χ4v) is 1.15. The van der Waals surface area contributed by atoms with E-state index < -0.39 is 41.7 Å². The summed E-state index contributed by atoms with van der Waals surface area (Å²) in [6.07, 6.45) is -2.61. The Morgan fingerprint density at radius 1 is 1.05 bits per heavy atom. The quantitative estimate of drug-likeness (QED) is 0.484. The zero-order valence-corrected chi connectivity index (χ0v) is 11.2. The number of esters is 1. The summed E-state index contributed by atoms with van der Waals surface area (Å²) in [5, 5.41) is 0. The molecule has 0 amide bonds. The van der Waals surface area contributed by atoms with E-state index in [0.29, 0.717) is 0 Å². The van der Waals surface area contributed by atoms with E-state index in [2.05, 4.69) is 9.47 Å². The summed E-state index contributed by atoms with van der Waals surface area (Å²) in [4.78, 5) is 22.5. The van der Waals surface area contributed by atoms with Crippen molar-refractivity contribution in [1.82, 2.24) is 0 Å². The fraction of sp³-hybridized carbons (Fsp3) is 0.385. The average molecular weight is 288 g/mol. The van der Waals surface area contributed by atoms with Crippen LogP contribution in [0.3, 0.4) is 0 Å². The van der Waals surface area contributed by atoms with Crippen LogP contribution in [0.15, 0.2) is 18.2 Å². The van der Waals surface area contributed by atoms with Crippen molar-refractivity contribution in [1.29, 1.82) is 0 Å². The van der Waals surface area contributed by atoms with Crippen molar-refractivity contribution in [3.8, 4) is 5.75 Å². The Morgan fingerprint density at radius 3 is 2.10 bits per heavy atom. The van der Waals surface area contributed by atoms with E-state index in [0.717, 1.165) is 18.2 Å². The molecular formula is C13H14F2O5. The first-order chi connectivity index (χ1) is 9.31. The van der Waals surface area contributed by atoms with Crippen LogP contribution in [0.1, 0.15) is 20.8 Å². The van der Waals surface area contributed by atoms with Gasteiger partial charge in [0, 0.05) is 6.92 Å². The molecule has 1 aromatic carbocycles. The molecule has 0 fully saturated rings. The minimum atomic E-state index is -1.38. The molecule has 0 heterocycles. The average Bonchev–Trinajstić information content (AvgIpc) is 2.33. The third-order valence-electron chi connectivity index (χ3n) is 2.12. The van der Waals surface area contributed by atoms with Crippen molar-refractivity contribution in [3.05, 3.63) is 29.8 Å². The Morgan fingerprint density at radius 2 is 1.60 bits per heavy atom. The number of halogens is 2. The molecule has 20 heavy (non-hydrogen) atoms. The van der Waals surface area contributed by atoms with E-state index in [-0.39, 0.29) is 0 Å². The van der Waals surface area contributed by atoms with Gasteiger partial charge in [-0.1, -0.05) is 19.9 Å². The van der Waals surface area contributed by atoms with Gasteiger partial charge in [-0.05, 0) is 12.1 Å². The van der Waals surface area contributed by atoms with Crippen molar-refractivity contribution in [2.75, 3.05) is 0 Å². The highest BCUT2D eigenvalue weighted by molar-refractivity contribution is 5.72. The van der Waals surface area contributed by atoms with Crippen LogP contribution in [0.4, 0.5) is 13.6 Å². The highest BCUT2D eigenvalue weighted by atomic mass is 19.1. The maximum Gasteiger partial charge on any atom is 0.517 e. The lowest BCUT2D eigenvalue weighted by Crippen LogP contribution is -2.26. The van der Waals surface area contributed by atoms with Crippen LogP contribution in [0.5, 0.6) is 5.75 Å². The molecular weight excluding hydrogens is 274 g/mol. The number of carbonyl (C=O) groups is 2. The van der Waals surface area contributed by atoms with Crippen molar-refractivity contribution in [2.24, 2.45) is 5.92 Å². The Labute approximate surface area is 114 Å². The Hall–Kier alpha value is -2.18. The van der Waals surface area contributed by atoms with E-state index in [4.69, 9.17) is 4.74 Å². The van der Waals surface area contributed by atoms with Crippen LogP contribution in [-0.4, -0.2) is 18.4 Å². The van der Waals surface area contributed by atoms with Gasteiger partial charge in [0.15, 0.2) is 11.6 Å². The lowest BCUT2D eigenvalue weighted by molar-refractivity contribution is -0.170. The van der Waals surface area contributed by atoms with Gasteiger partial charge in [-0.15, -0.1) is 0 Å². The Bertz CT molecular complexity index is 481. The van der Waals surface area contributed by atoms with Gasteiger partial charge in [0.2, 0.25) is 12.0 Å². The standard InChI is InChI=1S/C13H14F2O5/c1-7(2)12(16)18-8(3)19-13(17)20-11-9(14)5-4-6-10(11)15/h4-8H,1-3H3/t8-/m1/s1. The maximum absolute atomic E-state index is 13.2. The lowest BCUT2D eigenvalue weighted by atomic mass is 10.2. The normalized spacial score (nSPS) is 11.9. The Balaban J connectivity index is 2.58. The number of hydrogen-bond acceptors (Lipinski definition) is 5. The minimum Gasteiger partial charge on any atom is -0.425 e. The van der Waals surface area contributed by atoms with E-state index in [1.54, 1.807) is 13.8 Å². The topological polar surface area (TPSA) is 61.8 Å². The molecule has 0 aliphatic heterocycles. The van der Waals surface area contributed by atoms with E-state index in [1.165, 1.54) is 6.92 Å². The smallest absolute Gasteiger partial charge is 0.425 e. The van der Waals surface area contributed by atoms with Gasteiger partial charge in [0.05, 0.1) is 5.92 Å². The molecule has 1 aromatic rings. The maximum atomic E-state index is 13.2. The number of ether oxygens (including phenoxy) is 3. The zero-order chi connectivity index (χ0) is 15.3. The molecule has 110 valence electrons. The first-order valence-electron chi connectivity index (χ1n) is 5.84. The van der Waals surface area contributed by atoms with Gasteiger partial charge < -0.3 is 14.2 Å². The predicted octanol–water partition coefficient (Wildman–Crippen LogP) is 3.03. The minimum absolute atomic E-state index is 0.402. The third kappa shape index (κ3) is 4.49. The molecule has 1 rings (SSSR count). The largest absolute Gasteiger partial charge is 0.517 e. The molecule has 0 spiro atoms. The summed E-state index contributed by atoms with van der Waals surface area (Å²) in [6, 6.07) is 2.97. The van der Waals surface area contributed by atoms with Gasteiger partial charge in [-0.25, -0.2) is 13.6 Å². The number of rotatable bonds is 4. The highest BCUT2D eigenvalue weighted by Crippen LogP contribution is 2.21. The molecule has 0 aliphatic carbocycles. The third-order valence-corrected chi connectivity index (χ3v) is 2.12. The molecule has 0 saturated heterocycles. The van der Waals surface area contributed by atoms with Crippen LogP contribution < -0.4 is 4.74 Å². The number of hydrogen-bond donors (Lipinski definition) is 0. The Kier molecular flexibility index (Phi) is 5.42. The monoisotopic (exact) mass is 288 g/mol. The summed E-state index contributed by atoms with van der Waals surface area (Å²) in [5.41, 5.74) is 0. The molecule has 1 atom stereocenters.